The number of carbonyl (C=O) groups excluding carboxylic acids is 2. The second-order valence-corrected chi connectivity index (χ2v) is 5.92. The summed E-state index contributed by atoms with van der Waals surface area (Å²) in [6.45, 7) is 5.91. The van der Waals surface area contributed by atoms with Crippen LogP contribution in [0.3, 0.4) is 0 Å². The minimum atomic E-state index is -0.376. The van der Waals surface area contributed by atoms with E-state index >= 15 is 0 Å². The van der Waals surface area contributed by atoms with Gasteiger partial charge in [-0.15, -0.1) is 0 Å². The van der Waals surface area contributed by atoms with Crippen molar-refractivity contribution in [3.63, 3.8) is 0 Å². The second kappa shape index (κ2) is 4.90. The van der Waals surface area contributed by atoms with Crippen LogP contribution in [0.15, 0.2) is 0 Å². The van der Waals surface area contributed by atoms with Crippen molar-refractivity contribution in [1.29, 1.82) is 0 Å². The summed E-state index contributed by atoms with van der Waals surface area (Å²) in [5.74, 6) is 0.0993. The molecule has 2 unspecified atom stereocenters. The Morgan fingerprint density at radius 2 is 1.89 bits per heavy atom. The zero-order valence-electron chi connectivity index (χ0n) is 11.7. The SMILES string of the molecule is CCC1C(=O)NC(C)C(=O)N1C1(C)CCCCC1. The molecule has 1 saturated heterocycles. The Labute approximate surface area is 109 Å². The van der Waals surface area contributed by atoms with Crippen molar-refractivity contribution in [3.05, 3.63) is 0 Å². The maximum Gasteiger partial charge on any atom is 0.245 e. The van der Waals surface area contributed by atoms with Gasteiger partial charge in [-0.05, 0) is 33.1 Å². The van der Waals surface area contributed by atoms with E-state index in [0.717, 1.165) is 25.7 Å². The minimum Gasteiger partial charge on any atom is -0.343 e. The predicted octanol–water partition coefficient (Wildman–Crippen LogP) is 1.83. The number of amides is 2. The number of carbonyl (C=O) groups is 2. The van der Waals surface area contributed by atoms with Gasteiger partial charge in [0.05, 0.1) is 0 Å². The van der Waals surface area contributed by atoms with Crippen LogP contribution in [0.25, 0.3) is 0 Å². The fourth-order valence-corrected chi connectivity index (χ4v) is 3.42. The van der Waals surface area contributed by atoms with Crippen LogP contribution in [0.1, 0.15) is 59.3 Å². The number of nitrogens with zero attached hydrogens (tertiary/aromatic N) is 1. The quantitative estimate of drug-likeness (QED) is 0.815. The summed E-state index contributed by atoms with van der Waals surface area (Å²) in [5, 5.41) is 2.79. The van der Waals surface area contributed by atoms with Crippen molar-refractivity contribution in [1.82, 2.24) is 10.2 Å². The van der Waals surface area contributed by atoms with Crippen LogP contribution < -0.4 is 5.32 Å². The highest BCUT2D eigenvalue weighted by molar-refractivity contribution is 5.97. The van der Waals surface area contributed by atoms with Gasteiger partial charge in [-0.25, -0.2) is 0 Å². The molecule has 2 atom stereocenters. The summed E-state index contributed by atoms with van der Waals surface area (Å²) in [4.78, 5) is 26.4. The van der Waals surface area contributed by atoms with E-state index in [2.05, 4.69) is 12.2 Å². The number of piperazine rings is 1. The Hall–Kier alpha value is -1.06. The molecule has 4 nitrogen and oxygen atoms in total. The Bertz CT molecular complexity index is 348. The van der Waals surface area contributed by atoms with Crippen LogP contribution >= 0.6 is 0 Å². The standard InChI is InChI=1S/C14H24N2O2/c1-4-11-12(17)15-10(2)13(18)16(11)14(3)8-6-5-7-9-14/h10-11H,4-9H2,1-3H3,(H,15,17). The molecule has 4 heteroatoms. The lowest BCUT2D eigenvalue weighted by atomic mass is 9.79. The zero-order valence-corrected chi connectivity index (χ0v) is 11.7. The van der Waals surface area contributed by atoms with E-state index in [-0.39, 0.29) is 29.4 Å². The summed E-state index contributed by atoms with van der Waals surface area (Å²) in [6.07, 6.45) is 6.31. The topological polar surface area (TPSA) is 49.4 Å². The third-order valence-electron chi connectivity index (χ3n) is 4.48. The molecule has 102 valence electrons. The van der Waals surface area contributed by atoms with E-state index in [9.17, 15) is 9.59 Å². The lowest BCUT2D eigenvalue weighted by Crippen LogP contribution is -2.68. The van der Waals surface area contributed by atoms with Crippen LogP contribution in [-0.4, -0.2) is 34.3 Å². The smallest absolute Gasteiger partial charge is 0.245 e. The van der Waals surface area contributed by atoms with E-state index in [4.69, 9.17) is 0 Å². The van der Waals surface area contributed by atoms with Gasteiger partial charge in [-0.2, -0.15) is 0 Å². The first kappa shape index (κ1) is 13.4. The summed E-state index contributed by atoms with van der Waals surface area (Å²) >= 11 is 0. The zero-order chi connectivity index (χ0) is 13.3. The van der Waals surface area contributed by atoms with Gasteiger partial charge in [0.25, 0.3) is 0 Å². The molecule has 0 radical (unpaired) electrons. The molecule has 2 rings (SSSR count). The third-order valence-corrected chi connectivity index (χ3v) is 4.48. The summed E-state index contributed by atoms with van der Waals surface area (Å²) < 4.78 is 0. The van der Waals surface area contributed by atoms with Crippen LogP contribution in [0.2, 0.25) is 0 Å². The summed E-state index contributed by atoms with van der Waals surface area (Å²) in [5.41, 5.74) is -0.123. The van der Waals surface area contributed by atoms with E-state index in [1.807, 2.05) is 11.8 Å². The van der Waals surface area contributed by atoms with Crippen LogP contribution in [-0.2, 0) is 9.59 Å². The van der Waals surface area contributed by atoms with Gasteiger partial charge in [0.15, 0.2) is 0 Å². The van der Waals surface area contributed by atoms with Crippen molar-refractivity contribution in [2.75, 3.05) is 0 Å². The molecule has 0 bridgehead atoms. The number of hydrogen-bond acceptors (Lipinski definition) is 2. The molecule has 2 aliphatic rings. The molecule has 0 aromatic heterocycles. The lowest BCUT2D eigenvalue weighted by molar-refractivity contribution is -0.157. The summed E-state index contributed by atoms with van der Waals surface area (Å²) in [6, 6.07) is -0.657. The summed E-state index contributed by atoms with van der Waals surface area (Å²) in [7, 11) is 0. The molecule has 2 amide bonds. The Kier molecular flexibility index (Phi) is 3.64. The van der Waals surface area contributed by atoms with Crippen LogP contribution in [0.4, 0.5) is 0 Å². The van der Waals surface area contributed by atoms with Crippen molar-refractivity contribution in [2.24, 2.45) is 0 Å². The van der Waals surface area contributed by atoms with Gasteiger partial charge in [0.2, 0.25) is 11.8 Å². The van der Waals surface area contributed by atoms with E-state index < -0.39 is 0 Å². The highest BCUT2D eigenvalue weighted by atomic mass is 16.2. The Balaban J connectivity index is 2.30. The van der Waals surface area contributed by atoms with Crippen molar-refractivity contribution in [3.8, 4) is 0 Å². The van der Waals surface area contributed by atoms with Crippen LogP contribution in [0.5, 0.6) is 0 Å². The van der Waals surface area contributed by atoms with Gasteiger partial charge in [0.1, 0.15) is 12.1 Å². The molecule has 18 heavy (non-hydrogen) atoms. The monoisotopic (exact) mass is 252 g/mol. The average molecular weight is 252 g/mol. The fraction of sp³-hybridized carbons (Fsp3) is 0.857. The fourth-order valence-electron chi connectivity index (χ4n) is 3.42. The predicted molar refractivity (Wildman–Crippen MR) is 70.0 cm³/mol. The van der Waals surface area contributed by atoms with Crippen molar-refractivity contribution in [2.45, 2.75) is 76.9 Å². The van der Waals surface area contributed by atoms with Crippen molar-refractivity contribution >= 4 is 11.8 Å². The van der Waals surface area contributed by atoms with Crippen LogP contribution in [0, 0.1) is 0 Å². The number of hydrogen-bond donors (Lipinski definition) is 1. The first-order valence-corrected chi connectivity index (χ1v) is 7.13. The highest BCUT2D eigenvalue weighted by Gasteiger charge is 2.46. The molecule has 2 fully saturated rings. The van der Waals surface area contributed by atoms with Gasteiger partial charge < -0.3 is 10.2 Å². The van der Waals surface area contributed by atoms with Gasteiger partial charge in [-0.1, -0.05) is 26.2 Å². The lowest BCUT2D eigenvalue weighted by Gasteiger charge is -2.50. The van der Waals surface area contributed by atoms with E-state index in [0.29, 0.717) is 6.42 Å². The van der Waals surface area contributed by atoms with E-state index in [1.54, 1.807) is 6.92 Å². The van der Waals surface area contributed by atoms with Crippen molar-refractivity contribution < 1.29 is 9.59 Å². The first-order chi connectivity index (χ1) is 8.49. The molecule has 0 spiro atoms. The maximum absolute atomic E-state index is 12.5. The Morgan fingerprint density at radius 3 is 2.44 bits per heavy atom. The van der Waals surface area contributed by atoms with E-state index in [1.165, 1.54) is 6.42 Å². The minimum absolute atomic E-state index is 0.0106. The molecule has 1 heterocycles. The molecule has 1 N–H and O–H groups in total. The maximum atomic E-state index is 12.5. The number of nitrogens with one attached hydrogen (secondary N) is 1. The highest BCUT2D eigenvalue weighted by Crippen LogP contribution is 2.36. The second-order valence-electron chi connectivity index (χ2n) is 5.92. The molecular formula is C14H24N2O2. The normalized spacial score (nSPS) is 32.3. The molecule has 1 saturated carbocycles. The first-order valence-electron chi connectivity index (χ1n) is 7.13. The number of rotatable bonds is 2. The molecular weight excluding hydrogens is 228 g/mol. The largest absolute Gasteiger partial charge is 0.343 e. The molecule has 0 aromatic carbocycles. The van der Waals surface area contributed by atoms with Gasteiger partial charge in [-0.3, -0.25) is 9.59 Å². The van der Waals surface area contributed by atoms with Gasteiger partial charge in [0, 0.05) is 5.54 Å². The average Bonchev–Trinajstić information content (AvgIpc) is 2.34. The molecule has 1 aliphatic carbocycles. The third kappa shape index (κ3) is 2.13. The molecule has 0 aromatic rings. The van der Waals surface area contributed by atoms with Gasteiger partial charge >= 0.3 is 0 Å². The molecule has 1 aliphatic heterocycles. The Morgan fingerprint density at radius 1 is 1.28 bits per heavy atom.